The molecular formula is C13H22N4O2. The Hall–Kier alpha value is -1.59. The highest BCUT2D eigenvalue weighted by Crippen LogP contribution is 2.37. The van der Waals surface area contributed by atoms with Gasteiger partial charge in [-0.2, -0.15) is 0 Å². The van der Waals surface area contributed by atoms with Gasteiger partial charge in [-0.25, -0.2) is 0 Å². The highest BCUT2D eigenvalue weighted by atomic mass is 16.4. The first-order valence-corrected chi connectivity index (χ1v) is 7.08. The van der Waals surface area contributed by atoms with Gasteiger partial charge in [0.05, 0.1) is 5.92 Å². The predicted molar refractivity (Wildman–Crippen MR) is 72.2 cm³/mol. The molecule has 1 aromatic rings. The lowest BCUT2D eigenvalue weighted by atomic mass is 9.78. The molecular weight excluding hydrogens is 244 g/mol. The molecule has 0 saturated heterocycles. The van der Waals surface area contributed by atoms with Crippen molar-refractivity contribution in [1.29, 1.82) is 0 Å². The molecule has 1 saturated carbocycles. The summed E-state index contributed by atoms with van der Waals surface area (Å²) in [5, 5.41) is 20.9. The summed E-state index contributed by atoms with van der Waals surface area (Å²) >= 11 is 0. The second-order valence-corrected chi connectivity index (χ2v) is 4.99. The van der Waals surface area contributed by atoms with Crippen LogP contribution in [0.15, 0.2) is 0 Å². The number of nitrogens with one attached hydrogen (secondary N) is 1. The van der Waals surface area contributed by atoms with Crippen LogP contribution < -0.4 is 5.32 Å². The Labute approximate surface area is 113 Å². The minimum absolute atomic E-state index is 0.00824. The van der Waals surface area contributed by atoms with E-state index in [0.29, 0.717) is 0 Å². The standard InChI is InChI=1S/C13H22N4O2/c1-3-14-13-16-15-11(17(13)4-2)9-7-5-6-8-10(9)12(18)19/h9-10H,3-8H2,1-2H3,(H,14,16)(H,18,19). The van der Waals surface area contributed by atoms with Gasteiger partial charge in [-0.1, -0.05) is 12.8 Å². The molecule has 2 unspecified atom stereocenters. The van der Waals surface area contributed by atoms with Crippen molar-refractivity contribution in [3.05, 3.63) is 5.82 Å². The smallest absolute Gasteiger partial charge is 0.307 e. The first-order valence-electron chi connectivity index (χ1n) is 7.08. The first kappa shape index (κ1) is 13.8. The third-order valence-corrected chi connectivity index (χ3v) is 3.85. The van der Waals surface area contributed by atoms with Crippen LogP contribution in [0.5, 0.6) is 0 Å². The van der Waals surface area contributed by atoms with Crippen molar-refractivity contribution >= 4 is 11.9 Å². The van der Waals surface area contributed by atoms with Gasteiger partial charge in [0.25, 0.3) is 0 Å². The Kier molecular flexibility index (Phi) is 4.39. The van der Waals surface area contributed by atoms with E-state index in [4.69, 9.17) is 0 Å². The van der Waals surface area contributed by atoms with Gasteiger partial charge in [-0.15, -0.1) is 10.2 Å². The number of carbonyl (C=O) groups is 1. The van der Waals surface area contributed by atoms with Crippen LogP contribution in [0.2, 0.25) is 0 Å². The highest BCUT2D eigenvalue weighted by molar-refractivity contribution is 5.71. The molecule has 6 nitrogen and oxygen atoms in total. The molecule has 1 aromatic heterocycles. The highest BCUT2D eigenvalue weighted by Gasteiger charge is 2.35. The van der Waals surface area contributed by atoms with Crippen LogP contribution >= 0.6 is 0 Å². The maximum absolute atomic E-state index is 11.4. The number of nitrogens with zero attached hydrogens (tertiary/aromatic N) is 3. The van der Waals surface area contributed by atoms with Gasteiger partial charge in [-0.3, -0.25) is 9.36 Å². The zero-order chi connectivity index (χ0) is 13.8. The average molecular weight is 266 g/mol. The zero-order valence-electron chi connectivity index (χ0n) is 11.6. The Balaban J connectivity index is 2.30. The van der Waals surface area contributed by atoms with E-state index in [1.807, 2.05) is 18.4 Å². The van der Waals surface area contributed by atoms with Crippen LogP contribution in [-0.4, -0.2) is 32.4 Å². The number of aliphatic carboxylic acids is 1. The second kappa shape index (κ2) is 6.04. The van der Waals surface area contributed by atoms with Gasteiger partial charge < -0.3 is 10.4 Å². The molecule has 6 heteroatoms. The van der Waals surface area contributed by atoms with Crippen molar-refractivity contribution < 1.29 is 9.90 Å². The van der Waals surface area contributed by atoms with E-state index >= 15 is 0 Å². The lowest BCUT2D eigenvalue weighted by Crippen LogP contribution is -2.27. The average Bonchev–Trinajstić information content (AvgIpc) is 2.82. The van der Waals surface area contributed by atoms with Crippen molar-refractivity contribution in [3.63, 3.8) is 0 Å². The minimum atomic E-state index is -0.708. The SMILES string of the molecule is CCNc1nnc(C2CCCCC2C(=O)O)n1CC. The van der Waals surface area contributed by atoms with Crippen molar-refractivity contribution in [2.24, 2.45) is 5.92 Å². The van der Waals surface area contributed by atoms with Crippen molar-refractivity contribution in [3.8, 4) is 0 Å². The monoisotopic (exact) mass is 266 g/mol. The molecule has 19 heavy (non-hydrogen) atoms. The van der Waals surface area contributed by atoms with Crippen LogP contribution in [0.25, 0.3) is 0 Å². The number of carboxylic acid groups (broad SMARTS) is 1. The molecule has 1 aliphatic rings. The van der Waals surface area contributed by atoms with E-state index in [9.17, 15) is 9.90 Å². The number of hydrogen-bond acceptors (Lipinski definition) is 4. The fraction of sp³-hybridized carbons (Fsp3) is 0.769. The number of rotatable bonds is 5. The molecule has 1 heterocycles. The molecule has 0 spiro atoms. The molecule has 0 aromatic carbocycles. The quantitative estimate of drug-likeness (QED) is 0.853. The van der Waals surface area contributed by atoms with Crippen molar-refractivity contribution in [2.45, 2.75) is 52.0 Å². The number of hydrogen-bond donors (Lipinski definition) is 2. The third kappa shape index (κ3) is 2.72. The Morgan fingerprint density at radius 2 is 2.11 bits per heavy atom. The van der Waals surface area contributed by atoms with E-state index in [-0.39, 0.29) is 11.8 Å². The van der Waals surface area contributed by atoms with Crippen LogP contribution in [0.1, 0.15) is 51.3 Å². The van der Waals surface area contributed by atoms with Crippen LogP contribution in [0.4, 0.5) is 5.95 Å². The summed E-state index contributed by atoms with van der Waals surface area (Å²) in [7, 11) is 0. The summed E-state index contributed by atoms with van der Waals surface area (Å²) in [5.41, 5.74) is 0. The third-order valence-electron chi connectivity index (χ3n) is 3.85. The molecule has 1 aliphatic carbocycles. The Bertz CT molecular complexity index is 444. The molecule has 0 radical (unpaired) electrons. The molecule has 2 rings (SSSR count). The summed E-state index contributed by atoms with van der Waals surface area (Å²) in [6.45, 7) is 5.58. The van der Waals surface area contributed by atoms with Gasteiger partial charge in [0, 0.05) is 19.0 Å². The fourth-order valence-electron chi connectivity index (χ4n) is 2.93. The van der Waals surface area contributed by atoms with Gasteiger partial charge in [0.1, 0.15) is 5.82 Å². The maximum Gasteiger partial charge on any atom is 0.307 e. The number of carboxylic acids is 1. The molecule has 1 fully saturated rings. The van der Waals surface area contributed by atoms with E-state index in [1.54, 1.807) is 0 Å². The second-order valence-electron chi connectivity index (χ2n) is 4.99. The lowest BCUT2D eigenvalue weighted by Gasteiger charge is -2.28. The van der Waals surface area contributed by atoms with E-state index in [0.717, 1.165) is 50.5 Å². The first-order chi connectivity index (χ1) is 9.19. The predicted octanol–water partition coefficient (Wildman–Crippen LogP) is 2.09. The Morgan fingerprint density at radius 3 is 2.74 bits per heavy atom. The normalized spacial score (nSPS) is 23.3. The number of aromatic nitrogens is 3. The van der Waals surface area contributed by atoms with Gasteiger partial charge >= 0.3 is 5.97 Å². The van der Waals surface area contributed by atoms with Crippen LogP contribution in [-0.2, 0) is 11.3 Å². The van der Waals surface area contributed by atoms with Gasteiger partial charge in [0.2, 0.25) is 5.95 Å². The topological polar surface area (TPSA) is 80.0 Å². The van der Waals surface area contributed by atoms with Gasteiger partial charge in [0.15, 0.2) is 0 Å². The fourth-order valence-corrected chi connectivity index (χ4v) is 2.93. The molecule has 0 aliphatic heterocycles. The van der Waals surface area contributed by atoms with Crippen LogP contribution in [0.3, 0.4) is 0 Å². The number of anilines is 1. The van der Waals surface area contributed by atoms with E-state index in [2.05, 4.69) is 15.5 Å². The molecule has 0 amide bonds. The molecule has 2 atom stereocenters. The van der Waals surface area contributed by atoms with Gasteiger partial charge in [-0.05, 0) is 26.7 Å². The summed E-state index contributed by atoms with van der Waals surface area (Å²) in [6.07, 6.45) is 3.70. The minimum Gasteiger partial charge on any atom is -0.481 e. The van der Waals surface area contributed by atoms with E-state index < -0.39 is 5.97 Å². The van der Waals surface area contributed by atoms with Crippen LogP contribution in [0, 0.1) is 5.92 Å². The Morgan fingerprint density at radius 1 is 1.37 bits per heavy atom. The summed E-state index contributed by atoms with van der Waals surface area (Å²) in [6, 6.07) is 0. The van der Waals surface area contributed by atoms with Crippen molar-refractivity contribution in [2.75, 3.05) is 11.9 Å². The summed E-state index contributed by atoms with van der Waals surface area (Å²) in [5.74, 6) is 0.532. The molecule has 0 bridgehead atoms. The zero-order valence-corrected chi connectivity index (χ0v) is 11.6. The molecule has 106 valence electrons. The summed E-state index contributed by atoms with van der Waals surface area (Å²) in [4.78, 5) is 11.4. The molecule has 2 N–H and O–H groups in total. The largest absolute Gasteiger partial charge is 0.481 e. The van der Waals surface area contributed by atoms with E-state index in [1.165, 1.54) is 0 Å². The lowest BCUT2D eigenvalue weighted by molar-refractivity contribution is -0.143. The summed E-state index contributed by atoms with van der Waals surface area (Å²) < 4.78 is 2.01. The maximum atomic E-state index is 11.4. The van der Waals surface area contributed by atoms with Crippen molar-refractivity contribution in [1.82, 2.24) is 14.8 Å².